The van der Waals surface area contributed by atoms with Gasteiger partial charge in [0.2, 0.25) is 11.7 Å². The molecule has 0 unspecified atom stereocenters. The highest BCUT2D eigenvalue weighted by atomic mass is 35.5. The number of benzene rings is 2. The number of hydrogen-bond acceptors (Lipinski definition) is 7. The molecule has 0 aliphatic carbocycles. The number of ether oxygens (including phenoxy) is 1. The van der Waals surface area contributed by atoms with Gasteiger partial charge >= 0.3 is 0 Å². The molecule has 2 aromatic carbocycles. The Labute approximate surface area is 191 Å². The van der Waals surface area contributed by atoms with Crippen LogP contribution >= 0.6 is 12.4 Å². The summed E-state index contributed by atoms with van der Waals surface area (Å²) in [7, 11) is 0. The Morgan fingerprint density at radius 2 is 2.03 bits per heavy atom. The fourth-order valence-corrected chi connectivity index (χ4v) is 3.40. The van der Waals surface area contributed by atoms with Crippen LogP contribution in [0.4, 0.5) is 5.69 Å². The van der Waals surface area contributed by atoms with Crippen LogP contribution in [0, 0.1) is 0 Å². The summed E-state index contributed by atoms with van der Waals surface area (Å²) in [5.41, 5.74) is 1.35. The van der Waals surface area contributed by atoms with Crippen LogP contribution < -0.4 is 15.4 Å². The Balaban J connectivity index is 0.00000289. The van der Waals surface area contributed by atoms with Crippen molar-refractivity contribution < 1.29 is 18.8 Å². The van der Waals surface area contributed by atoms with Crippen LogP contribution in [0.3, 0.4) is 0 Å². The number of carbonyl (C=O) groups excluding carboxylic acids is 2. The normalized spacial score (nSPS) is 15.5. The molecular weight excluding hydrogens is 434 g/mol. The van der Waals surface area contributed by atoms with Gasteiger partial charge < -0.3 is 24.8 Å². The van der Waals surface area contributed by atoms with Crippen molar-refractivity contribution in [2.75, 3.05) is 31.6 Å². The van der Waals surface area contributed by atoms with E-state index in [1.807, 2.05) is 36.4 Å². The molecule has 3 aromatic rings. The minimum Gasteiger partial charge on any atom is -0.484 e. The van der Waals surface area contributed by atoms with Crippen LogP contribution in [-0.2, 0) is 9.59 Å². The van der Waals surface area contributed by atoms with Gasteiger partial charge in [0.25, 0.3) is 11.8 Å². The second-order valence-corrected chi connectivity index (χ2v) is 7.13. The summed E-state index contributed by atoms with van der Waals surface area (Å²) < 4.78 is 11.1. The number of piperazine rings is 1. The highest BCUT2D eigenvalue weighted by Gasteiger charge is 2.32. The molecule has 0 saturated carbocycles. The molecule has 1 aliphatic rings. The van der Waals surface area contributed by atoms with Gasteiger partial charge in [-0.2, -0.15) is 4.98 Å². The molecule has 168 valence electrons. The summed E-state index contributed by atoms with van der Waals surface area (Å²) in [6.07, 6.45) is 0. The second kappa shape index (κ2) is 10.7. The molecule has 1 atom stereocenters. The summed E-state index contributed by atoms with van der Waals surface area (Å²) in [5, 5.41) is 10.1. The number of nitrogens with zero attached hydrogens (tertiary/aromatic N) is 3. The number of anilines is 1. The van der Waals surface area contributed by atoms with E-state index in [1.54, 1.807) is 23.1 Å². The van der Waals surface area contributed by atoms with Crippen molar-refractivity contribution >= 4 is 29.9 Å². The number of hydrogen-bond donors (Lipinski definition) is 2. The second-order valence-electron chi connectivity index (χ2n) is 7.13. The van der Waals surface area contributed by atoms with Crippen LogP contribution in [0.2, 0.25) is 0 Å². The maximum absolute atomic E-state index is 12.8. The molecule has 2 N–H and O–H groups in total. The van der Waals surface area contributed by atoms with Crippen molar-refractivity contribution in [2.45, 2.75) is 13.0 Å². The predicted octanol–water partition coefficient (Wildman–Crippen LogP) is 2.67. The average Bonchev–Trinajstić information content (AvgIpc) is 3.28. The fourth-order valence-electron chi connectivity index (χ4n) is 3.40. The lowest BCUT2D eigenvalue weighted by Gasteiger charge is -2.33. The SMILES string of the molecule is CC(=O)Nc1cccc(-c2noc([C@H]3CNCCN3C(=O)COc3ccccc3)n2)c1.Cl. The summed E-state index contributed by atoms with van der Waals surface area (Å²) in [6.45, 7) is 3.07. The number of rotatable bonds is 6. The quantitative estimate of drug-likeness (QED) is 0.585. The van der Waals surface area contributed by atoms with Crippen LogP contribution in [0.15, 0.2) is 59.1 Å². The van der Waals surface area contributed by atoms with Gasteiger partial charge in [0.1, 0.15) is 11.8 Å². The Morgan fingerprint density at radius 3 is 2.81 bits per heavy atom. The molecule has 4 rings (SSSR count). The largest absolute Gasteiger partial charge is 0.484 e. The fraction of sp³-hybridized carbons (Fsp3) is 0.273. The standard InChI is InChI=1S/C22H23N5O4.ClH/c1-15(28)24-17-7-5-6-16(12-17)21-25-22(31-26-21)19-13-23-10-11-27(19)20(29)14-30-18-8-3-2-4-9-18;/h2-9,12,19,23H,10-11,13-14H2,1H3,(H,24,28);1H/t19-;/m1./s1. The van der Waals surface area contributed by atoms with E-state index in [0.717, 1.165) is 0 Å². The van der Waals surface area contributed by atoms with Crippen LogP contribution in [0.1, 0.15) is 18.9 Å². The zero-order valence-corrected chi connectivity index (χ0v) is 18.3. The zero-order chi connectivity index (χ0) is 21.6. The minimum absolute atomic E-state index is 0. The van der Waals surface area contributed by atoms with Gasteiger partial charge in [0.05, 0.1) is 0 Å². The van der Waals surface area contributed by atoms with E-state index in [0.29, 0.717) is 48.3 Å². The van der Waals surface area contributed by atoms with Crippen molar-refractivity contribution in [3.63, 3.8) is 0 Å². The van der Waals surface area contributed by atoms with Crippen LogP contribution in [-0.4, -0.2) is 53.1 Å². The molecule has 0 radical (unpaired) electrons. The first-order chi connectivity index (χ1) is 15.1. The summed E-state index contributed by atoms with van der Waals surface area (Å²) >= 11 is 0. The molecule has 1 aromatic heterocycles. The van der Waals surface area contributed by atoms with E-state index in [-0.39, 0.29) is 36.9 Å². The van der Waals surface area contributed by atoms with Crippen molar-refractivity contribution in [1.29, 1.82) is 0 Å². The topological polar surface area (TPSA) is 110 Å². The lowest BCUT2D eigenvalue weighted by Crippen LogP contribution is -2.50. The number of carbonyl (C=O) groups is 2. The molecule has 2 heterocycles. The van der Waals surface area contributed by atoms with E-state index in [9.17, 15) is 9.59 Å². The summed E-state index contributed by atoms with van der Waals surface area (Å²) in [6, 6.07) is 16.0. The van der Waals surface area contributed by atoms with Gasteiger partial charge in [-0.1, -0.05) is 35.5 Å². The van der Waals surface area contributed by atoms with E-state index in [2.05, 4.69) is 20.8 Å². The molecule has 9 nitrogen and oxygen atoms in total. The van der Waals surface area contributed by atoms with Gasteiger partial charge in [0, 0.05) is 37.8 Å². The maximum atomic E-state index is 12.8. The van der Waals surface area contributed by atoms with Crippen molar-refractivity contribution in [3.8, 4) is 17.1 Å². The number of halogens is 1. The molecule has 2 amide bonds. The van der Waals surface area contributed by atoms with Gasteiger partial charge in [-0.15, -0.1) is 12.4 Å². The third-order valence-corrected chi connectivity index (χ3v) is 4.84. The van der Waals surface area contributed by atoms with E-state index in [4.69, 9.17) is 9.26 Å². The Morgan fingerprint density at radius 1 is 1.22 bits per heavy atom. The smallest absolute Gasteiger partial charge is 0.261 e. The van der Waals surface area contributed by atoms with Gasteiger partial charge in [-0.25, -0.2) is 0 Å². The van der Waals surface area contributed by atoms with E-state index in [1.165, 1.54) is 6.92 Å². The lowest BCUT2D eigenvalue weighted by atomic mass is 10.1. The molecular formula is C22H24ClN5O4. The Bertz CT molecular complexity index is 1060. The van der Waals surface area contributed by atoms with Crippen LogP contribution in [0.5, 0.6) is 5.75 Å². The number of amides is 2. The Kier molecular flexibility index (Phi) is 7.80. The van der Waals surface area contributed by atoms with Gasteiger partial charge in [-0.05, 0) is 24.3 Å². The zero-order valence-electron chi connectivity index (χ0n) is 17.5. The third-order valence-electron chi connectivity index (χ3n) is 4.84. The molecule has 0 spiro atoms. The van der Waals surface area contributed by atoms with Gasteiger partial charge in [0.15, 0.2) is 6.61 Å². The molecule has 10 heteroatoms. The van der Waals surface area contributed by atoms with Gasteiger partial charge in [-0.3, -0.25) is 9.59 Å². The lowest BCUT2D eigenvalue weighted by molar-refractivity contribution is -0.137. The third kappa shape index (κ3) is 5.63. The molecule has 1 fully saturated rings. The molecule has 32 heavy (non-hydrogen) atoms. The molecule has 1 saturated heterocycles. The highest BCUT2D eigenvalue weighted by molar-refractivity contribution is 5.89. The van der Waals surface area contributed by atoms with Crippen molar-refractivity contribution in [3.05, 3.63) is 60.5 Å². The summed E-state index contributed by atoms with van der Waals surface area (Å²) in [5.74, 6) is 1.07. The first kappa shape index (κ1) is 23.2. The summed E-state index contributed by atoms with van der Waals surface area (Å²) in [4.78, 5) is 30.3. The Hall–Kier alpha value is -3.43. The first-order valence-corrected chi connectivity index (χ1v) is 10.00. The highest BCUT2D eigenvalue weighted by Crippen LogP contribution is 2.25. The molecule has 1 aliphatic heterocycles. The minimum atomic E-state index is -0.389. The van der Waals surface area contributed by atoms with Crippen LogP contribution in [0.25, 0.3) is 11.4 Å². The average molecular weight is 458 g/mol. The van der Waals surface area contributed by atoms with E-state index < -0.39 is 0 Å². The van der Waals surface area contributed by atoms with Crippen molar-refractivity contribution in [2.24, 2.45) is 0 Å². The number of para-hydroxylation sites is 1. The first-order valence-electron chi connectivity index (χ1n) is 10.00. The van der Waals surface area contributed by atoms with E-state index >= 15 is 0 Å². The predicted molar refractivity (Wildman–Crippen MR) is 121 cm³/mol. The molecule has 0 bridgehead atoms. The maximum Gasteiger partial charge on any atom is 0.261 e. The monoisotopic (exact) mass is 457 g/mol. The van der Waals surface area contributed by atoms with Crippen molar-refractivity contribution in [1.82, 2.24) is 20.4 Å². The number of aromatic nitrogens is 2. The number of nitrogens with one attached hydrogen (secondary N) is 2.